The van der Waals surface area contributed by atoms with Crippen LogP contribution in [0, 0.1) is 0 Å². The van der Waals surface area contributed by atoms with Crippen molar-refractivity contribution in [1.29, 1.82) is 0 Å². The zero-order valence-electron chi connectivity index (χ0n) is 10.9. The number of rotatable bonds is 6. The molecule has 0 heterocycles. The molecule has 1 saturated carbocycles. The van der Waals surface area contributed by atoms with Gasteiger partial charge in [-0.25, -0.2) is 13.1 Å². The van der Waals surface area contributed by atoms with Crippen LogP contribution >= 0.6 is 11.8 Å². The first kappa shape index (κ1) is 15.3. The number of sulfonamides is 1. The van der Waals surface area contributed by atoms with E-state index >= 15 is 0 Å². The monoisotopic (exact) mass is 280 g/mol. The van der Waals surface area contributed by atoms with Crippen molar-refractivity contribution in [2.45, 2.75) is 49.1 Å². The van der Waals surface area contributed by atoms with Crippen LogP contribution in [0.4, 0.5) is 0 Å². The molecule has 1 fully saturated rings. The zero-order chi connectivity index (χ0) is 12.9. The second-order valence-corrected chi connectivity index (χ2v) is 8.01. The van der Waals surface area contributed by atoms with Crippen LogP contribution in [0.2, 0.25) is 0 Å². The van der Waals surface area contributed by atoms with E-state index in [1.54, 1.807) is 14.0 Å². The highest BCUT2D eigenvalue weighted by atomic mass is 32.2. The fourth-order valence-corrected chi connectivity index (χ4v) is 4.22. The smallest absolute Gasteiger partial charge is 0.215 e. The van der Waals surface area contributed by atoms with E-state index in [9.17, 15) is 8.42 Å². The van der Waals surface area contributed by atoms with Gasteiger partial charge in [-0.1, -0.05) is 0 Å². The Morgan fingerprint density at radius 1 is 1.29 bits per heavy atom. The predicted octanol–water partition coefficient (Wildman–Crippen LogP) is 1.19. The SMILES string of the molecule is CNCC(C)S(=O)(=O)NC1CCC(SC)CC1. The maximum absolute atomic E-state index is 12.0. The lowest BCUT2D eigenvalue weighted by Gasteiger charge is -2.28. The van der Waals surface area contributed by atoms with Gasteiger partial charge in [-0.15, -0.1) is 0 Å². The lowest BCUT2D eigenvalue weighted by Crippen LogP contribution is -2.44. The molecule has 1 aliphatic rings. The molecular formula is C11H24N2O2S2. The normalized spacial score (nSPS) is 27.9. The fourth-order valence-electron chi connectivity index (χ4n) is 2.16. The van der Waals surface area contributed by atoms with Crippen LogP contribution in [0.15, 0.2) is 0 Å². The van der Waals surface area contributed by atoms with Crippen molar-refractivity contribution in [3.05, 3.63) is 0 Å². The maximum Gasteiger partial charge on any atom is 0.215 e. The quantitative estimate of drug-likeness (QED) is 0.767. The lowest BCUT2D eigenvalue weighted by molar-refractivity contribution is 0.417. The van der Waals surface area contributed by atoms with Crippen molar-refractivity contribution < 1.29 is 8.42 Å². The molecule has 1 unspecified atom stereocenters. The van der Waals surface area contributed by atoms with Gasteiger partial charge in [0.25, 0.3) is 0 Å². The minimum absolute atomic E-state index is 0.141. The maximum atomic E-state index is 12.0. The highest BCUT2D eigenvalue weighted by molar-refractivity contribution is 7.99. The van der Waals surface area contributed by atoms with E-state index in [1.807, 2.05) is 11.8 Å². The molecule has 0 bridgehead atoms. The first-order valence-electron chi connectivity index (χ1n) is 6.18. The number of thioether (sulfide) groups is 1. The Bertz CT molecular complexity index is 311. The van der Waals surface area contributed by atoms with Crippen LogP contribution in [-0.4, -0.2) is 44.8 Å². The van der Waals surface area contributed by atoms with Crippen molar-refractivity contribution in [1.82, 2.24) is 10.0 Å². The van der Waals surface area contributed by atoms with Crippen LogP contribution < -0.4 is 10.0 Å². The van der Waals surface area contributed by atoms with Gasteiger partial charge >= 0.3 is 0 Å². The highest BCUT2D eigenvalue weighted by Crippen LogP contribution is 2.27. The molecule has 1 atom stereocenters. The Balaban J connectivity index is 2.44. The summed E-state index contributed by atoms with van der Waals surface area (Å²) in [6.07, 6.45) is 6.31. The average Bonchev–Trinajstić information content (AvgIpc) is 2.30. The summed E-state index contributed by atoms with van der Waals surface area (Å²) in [5.41, 5.74) is 0. The molecule has 0 saturated heterocycles. The second-order valence-electron chi connectivity index (χ2n) is 4.74. The zero-order valence-corrected chi connectivity index (χ0v) is 12.5. The van der Waals surface area contributed by atoms with E-state index in [4.69, 9.17) is 0 Å². The van der Waals surface area contributed by atoms with Crippen molar-refractivity contribution in [3.8, 4) is 0 Å². The molecule has 0 spiro atoms. The second kappa shape index (κ2) is 6.97. The molecule has 2 N–H and O–H groups in total. The molecule has 0 amide bonds. The molecule has 1 aliphatic carbocycles. The third-order valence-electron chi connectivity index (χ3n) is 3.36. The van der Waals surface area contributed by atoms with Gasteiger partial charge in [-0.3, -0.25) is 0 Å². The van der Waals surface area contributed by atoms with E-state index in [2.05, 4.69) is 16.3 Å². The molecule has 6 heteroatoms. The Hall–Kier alpha value is 0.220. The average molecular weight is 280 g/mol. The van der Waals surface area contributed by atoms with Gasteiger partial charge in [-0.05, 0) is 45.9 Å². The summed E-state index contributed by atoms with van der Waals surface area (Å²) in [4.78, 5) is 0. The largest absolute Gasteiger partial charge is 0.318 e. The minimum atomic E-state index is -3.17. The van der Waals surface area contributed by atoms with Gasteiger partial charge < -0.3 is 5.32 Å². The summed E-state index contributed by atoms with van der Waals surface area (Å²) in [6, 6.07) is 0.141. The summed E-state index contributed by atoms with van der Waals surface area (Å²) in [5.74, 6) is 0. The standard InChI is InChI=1S/C11H24N2O2S2/c1-9(8-12-2)17(14,15)13-10-4-6-11(16-3)7-5-10/h9-13H,4-8H2,1-3H3. The molecule has 0 aromatic rings. The Morgan fingerprint density at radius 3 is 2.35 bits per heavy atom. The van der Waals surface area contributed by atoms with Gasteiger partial charge in [0.15, 0.2) is 0 Å². The highest BCUT2D eigenvalue weighted by Gasteiger charge is 2.27. The van der Waals surface area contributed by atoms with Crippen LogP contribution in [0.25, 0.3) is 0 Å². The van der Waals surface area contributed by atoms with Gasteiger partial charge in [0.1, 0.15) is 0 Å². The molecule has 102 valence electrons. The van der Waals surface area contributed by atoms with Gasteiger partial charge in [0.2, 0.25) is 10.0 Å². The number of hydrogen-bond acceptors (Lipinski definition) is 4. The minimum Gasteiger partial charge on any atom is -0.318 e. The van der Waals surface area contributed by atoms with Gasteiger partial charge in [-0.2, -0.15) is 11.8 Å². The third kappa shape index (κ3) is 4.77. The Labute approximate surface area is 109 Å². The first-order valence-corrected chi connectivity index (χ1v) is 9.01. The lowest BCUT2D eigenvalue weighted by atomic mass is 9.96. The van der Waals surface area contributed by atoms with Crippen molar-refractivity contribution in [2.75, 3.05) is 19.8 Å². The van der Waals surface area contributed by atoms with Crippen LogP contribution in [0.1, 0.15) is 32.6 Å². The molecule has 0 aromatic heterocycles. The van der Waals surface area contributed by atoms with Crippen LogP contribution in [-0.2, 0) is 10.0 Å². The molecule has 0 aliphatic heterocycles. The summed E-state index contributed by atoms with van der Waals surface area (Å²) < 4.78 is 26.8. The number of hydrogen-bond donors (Lipinski definition) is 2. The van der Waals surface area contributed by atoms with Crippen molar-refractivity contribution >= 4 is 21.8 Å². The fraction of sp³-hybridized carbons (Fsp3) is 1.00. The predicted molar refractivity (Wildman–Crippen MR) is 75.0 cm³/mol. The van der Waals surface area contributed by atoms with Crippen LogP contribution in [0.3, 0.4) is 0 Å². The van der Waals surface area contributed by atoms with Crippen LogP contribution in [0.5, 0.6) is 0 Å². The van der Waals surface area contributed by atoms with E-state index < -0.39 is 10.0 Å². The number of nitrogens with one attached hydrogen (secondary N) is 2. The van der Waals surface area contributed by atoms with Crippen molar-refractivity contribution in [2.24, 2.45) is 0 Å². The van der Waals surface area contributed by atoms with Crippen molar-refractivity contribution in [3.63, 3.8) is 0 Å². The topological polar surface area (TPSA) is 58.2 Å². The van der Waals surface area contributed by atoms with E-state index in [0.29, 0.717) is 11.8 Å². The Kier molecular flexibility index (Phi) is 6.26. The van der Waals surface area contributed by atoms with Gasteiger partial charge in [0.05, 0.1) is 5.25 Å². The summed E-state index contributed by atoms with van der Waals surface area (Å²) >= 11 is 1.89. The summed E-state index contributed by atoms with van der Waals surface area (Å²) in [5, 5.41) is 3.25. The molecule has 1 rings (SSSR count). The molecular weight excluding hydrogens is 256 g/mol. The van der Waals surface area contributed by atoms with E-state index in [0.717, 1.165) is 25.7 Å². The summed E-state index contributed by atoms with van der Waals surface area (Å²) in [7, 11) is -1.39. The third-order valence-corrected chi connectivity index (χ3v) is 6.39. The molecule has 0 aromatic carbocycles. The van der Waals surface area contributed by atoms with Gasteiger partial charge in [0, 0.05) is 17.8 Å². The Morgan fingerprint density at radius 2 is 1.88 bits per heavy atom. The molecule has 4 nitrogen and oxygen atoms in total. The summed E-state index contributed by atoms with van der Waals surface area (Å²) in [6.45, 7) is 2.24. The molecule has 0 radical (unpaired) electrons. The molecule has 17 heavy (non-hydrogen) atoms. The van der Waals surface area contributed by atoms with E-state index in [1.165, 1.54) is 0 Å². The van der Waals surface area contributed by atoms with E-state index in [-0.39, 0.29) is 11.3 Å². The first-order chi connectivity index (χ1) is 7.99.